The van der Waals surface area contributed by atoms with Crippen LogP contribution < -0.4 is 0 Å². The van der Waals surface area contributed by atoms with E-state index in [-0.39, 0.29) is 11.9 Å². The summed E-state index contributed by atoms with van der Waals surface area (Å²) in [5.74, 6) is 0.419. The largest absolute Gasteiger partial charge is 0.420 e. The van der Waals surface area contributed by atoms with Gasteiger partial charge in [-0.3, -0.25) is 4.79 Å². The molecule has 0 amide bonds. The zero-order valence-electron chi connectivity index (χ0n) is 28.5. The zero-order chi connectivity index (χ0) is 30.2. The van der Waals surface area contributed by atoms with Crippen molar-refractivity contribution in [3.63, 3.8) is 0 Å². The number of ether oxygens (including phenoxy) is 1. The number of cyclic esters (lactones) is 1. The molecule has 1 unspecified atom stereocenters. The predicted molar refractivity (Wildman–Crippen MR) is 185 cm³/mol. The summed E-state index contributed by atoms with van der Waals surface area (Å²) in [6.45, 7) is 4.58. The van der Waals surface area contributed by atoms with E-state index in [0.29, 0.717) is 0 Å². The molecule has 1 aliphatic rings. The van der Waals surface area contributed by atoms with Crippen molar-refractivity contribution in [2.45, 2.75) is 213 Å². The summed E-state index contributed by atoms with van der Waals surface area (Å²) in [6, 6.07) is 0. The summed E-state index contributed by atoms with van der Waals surface area (Å²) in [5, 5.41) is 0. The number of allylic oxidation sites excluding steroid dienone is 1. The third kappa shape index (κ3) is 24.2. The van der Waals surface area contributed by atoms with Gasteiger partial charge in [0, 0.05) is 0 Å². The van der Waals surface area contributed by atoms with E-state index < -0.39 is 0 Å². The molecular formula is C40H72O2. The number of carbonyl (C=O) groups is 1. The quantitative estimate of drug-likeness (QED) is 0.0340. The monoisotopic (exact) mass is 585 g/mol. The number of unbranched alkanes of at least 4 members (excludes halogenated alkanes) is 29. The lowest BCUT2D eigenvalue weighted by Gasteiger charge is -2.23. The van der Waals surface area contributed by atoms with Gasteiger partial charge in [-0.2, -0.15) is 0 Å². The highest BCUT2D eigenvalue weighted by atomic mass is 16.6. The summed E-state index contributed by atoms with van der Waals surface area (Å²) in [7, 11) is 0. The predicted octanol–water partition coefficient (Wildman–Crippen LogP) is 13.9. The van der Waals surface area contributed by atoms with E-state index in [2.05, 4.69) is 31.7 Å². The third-order valence-corrected chi connectivity index (χ3v) is 9.00. The van der Waals surface area contributed by atoms with Gasteiger partial charge >= 0.3 is 5.97 Å². The molecule has 2 heteroatoms. The van der Waals surface area contributed by atoms with Gasteiger partial charge in [0.2, 0.25) is 0 Å². The van der Waals surface area contributed by atoms with Crippen molar-refractivity contribution in [3.8, 4) is 0 Å². The minimum absolute atomic E-state index is 0.116. The molecule has 0 aromatic rings. The van der Waals surface area contributed by atoms with Gasteiger partial charge in [0.05, 0.1) is 0 Å². The zero-order valence-corrected chi connectivity index (χ0v) is 28.5. The van der Waals surface area contributed by atoms with Crippen molar-refractivity contribution >= 4 is 5.97 Å². The first kappa shape index (κ1) is 38.8. The van der Waals surface area contributed by atoms with E-state index in [1.54, 1.807) is 0 Å². The Morgan fingerprint density at radius 2 is 0.833 bits per heavy atom. The minimum Gasteiger partial charge on any atom is -0.420 e. The number of esters is 1. The Kier molecular flexibility index (Phi) is 28.8. The molecule has 0 aliphatic carbocycles. The van der Waals surface area contributed by atoms with Gasteiger partial charge in [0.15, 0.2) is 5.76 Å². The third-order valence-electron chi connectivity index (χ3n) is 9.00. The lowest BCUT2D eigenvalue weighted by atomic mass is 10.0. The highest BCUT2D eigenvalue weighted by Crippen LogP contribution is 2.27. The highest BCUT2D eigenvalue weighted by molar-refractivity contribution is 5.84. The van der Waals surface area contributed by atoms with Crippen molar-refractivity contribution in [1.29, 1.82) is 0 Å². The van der Waals surface area contributed by atoms with Crippen LogP contribution in [0.3, 0.4) is 0 Å². The van der Waals surface area contributed by atoms with Crippen molar-refractivity contribution in [3.05, 3.63) is 29.7 Å². The summed E-state index contributed by atoms with van der Waals surface area (Å²) < 4.78 is 5.24. The molecule has 0 N–H and O–H groups in total. The Bertz CT molecular complexity index is 684. The van der Waals surface area contributed by atoms with Crippen LogP contribution in [0.5, 0.6) is 0 Å². The molecule has 42 heavy (non-hydrogen) atoms. The van der Waals surface area contributed by atoms with Crippen LogP contribution in [0.4, 0.5) is 0 Å². The second-order valence-corrected chi connectivity index (χ2v) is 13.2. The molecular weight excluding hydrogens is 512 g/mol. The Balaban J connectivity index is 1.90. The average molecular weight is 585 g/mol. The maximum Gasteiger partial charge on any atom is 0.326 e. The molecule has 1 aliphatic heterocycles. The van der Waals surface area contributed by atoms with Crippen LogP contribution in [0.15, 0.2) is 29.7 Å². The van der Waals surface area contributed by atoms with Gasteiger partial charge < -0.3 is 4.74 Å². The van der Waals surface area contributed by atoms with Gasteiger partial charge in [-0.05, 0) is 31.8 Å². The molecule has 0 aromatic heterocycles. The molecule has 2 nitrogen and oxygen atoms in total. The van der Waals surface area contributed by atoms with Crippen LogP contribution in [-0.4, -0.2) is 5.97 Å². The van der Waals surface area contributed by atoms with Gasteiger partial charge in [0.1, 0.15) is 5.92 Å². The Labute approximate surface area is 263 Å². The maximum absolute atomic E-state index is 11.9. The van der Waals surface area contributed by atoms with E-state index in [1.165, 1.54) is 186 Å². The molecule has 0 spiro atoms. The summed E-state index contributed by atoms with van der Waals surface area (Å²) >= 11 is 0. The van der Waals surface area contributed by atoms with Crippen LogP contribution in [-0.2, 0) is 9.53 Å². The second-order valence-electron chi connectivity index (χ2n) is 13.2. The fraction of sp³-hybridized carbons (Fsp3) is 0.850. The van der Waals surface area contributed by atoms with Crippen molar-refractivity contribution in [1.82, 2.24) is 0 Å². The standard InChI is InChI=1S/C40H72O2/c1-3-5-7-9-11-13-15-17-19-21-23-25-27-29-31-33-35-37-39-38(40(41)42-39)36-34-32-30-28-26-24-22-20-18-16-14-12-10-8-6-4-2/h34-36,38H,3-33H2,1-2H3/b36-34+. The summed E-state index contributed by atoms with van der Waals surface area (Å²) in [5.41, 5.74) is 3.25. The first-order chi connectivity index (χ1) is 20.8. The number of hydrogen-bond donors (Lipinski definition) is 0. The Hall–Kier alpha value is -1.27. The van der Waals surface area contributed by atoms with Gasteiger partial charge in [-0.15, -0.1) is 0 Å². The van der Waals surface area contributed by atoms with Gasteiger partial charge in [-0.25, -0.2) is 0 Å². The van der Waals surface area contributed by atoms with Crippen LogP contribution in [0, 0.1) is 5.92 Å². The van der Waals surface area contributed by atoms with Crippen LogP contribution in [0.25, 0.3) is 0 Å². The molecule has 0 aromatic carbocycles. The lowest BCUT2D eigenvalue weighted by Crippen LogP contribution is -2.30. The summed E-state index contributed by atoms with van der Waals surface area (Å²) in [6.07, 6.45) is 48.8. The normalized spacial score (nSPS) is 14.8. The van der Waals surface area contributed by atoms with E-state index in [4.69, 9.17) is 4.74 Å². The Morgan fingerprint density at radius 1 is 0.500 bits per heavy atom. The summed E-state index contributed by atoms with van der Waals surface area (Å²) in [4.78, 5) is 11.9. The van der Waals surface area contributed by atoms with Crippen LogP contribution >= 0.6 is 0 Å². The first-order valence-electron chi connectivity index (χ1n) is 19.1. The molecule has 1 atom stereocenters. The molecule has 1 rings (SSSR count). The molecule has 1 heterocycles. The van der Waals surface area contributed by atoms with Crippen molar-refractivity contribution in [2.24, 2.45) is 5.92 Å². The van der Waals surface area contributed by atoms with Crippen molar-refractivity contribution < 1.29 is 9.53 Å². The first-order valence-corrected chi connectivity index (χ1v) is 19.1. The smallest absolute Gasteiger partial charge is 0.326 e. The van der Waals surface area contributed by atoms with Crippen LogP contribution in [0.2, 0.25) is 0 Å². The second kappa shape index (κ2) is 31.2. The molecule has 1 saturated heterocycles. The van der Waals surface area contributed by atoms with E-state index in [1.807, 2.05) is 6.08 Å². The fourth-order valence-electron chi connectivity index (χ4n) is 6.05. The van der Waals surface area contributed by atoms with Gasteiger partial charge in [0.25, 0.3) is 0 Å². The van der Waals surface area contributed by atoms with E-state index >= 15 is 0 Å². The van der Waals surface area contributed by atoms with Gasteiger partial charge in [-0.1, -0.05) is 205 Å². The molecule has 1 fully saturated rings. The molecule has 244 valence electrons. The number of hydrogen-bond acceptors (Lipinski definition) is 2. The SMILES string of the molecule is CCCCCCCCCCCCCCCC/C=C/C1C(=O)OC1=C=CCCCCCCCCCCCCCCCCC. The average Bonchev–Trinajstić information content (AvgIpc) is 2.99. The highest BCUT2D eigenvalue weighted by Gasteiger charge is 2.35. The fourth-order valence-corrected chi connectivity index (χ4v) is 6.05. The topological polar surface area (TPSA) is 26.3 Å². The number of rotatable bonds is 32. The molecule has 0 saturated carbocycles. The molecule has 0 bridgehead atoms. The van der Waals surface area contributed by atoms with Crippen LogP contribution in [0.1, 0.15) is 213 Å². The number of carbonyl (C=O) groups excluding carboxylic acids is 1. The molecule has 0 radical (unpaired) electrons. The van der Waals surface area contributed by atoms with E-state index in [0.717, 1.165) is 18.6 Å². The maximum atomic E-state index is 11.9. The minimum atomic E-state index is -0.186. The van der Waals surface area contributed by atoms with Crippen molar-refractivity contribution in [2.75, 3.05) is 0 Å². The lowest BCUT2D eigenvalue weighted by molar-refractivity contribution is -0.153. The van der Waals surface area contributed by atoms with E-state index in [9.17, 15) is 4.79 Å². The Morgan fingerprint density at radius 3 is 1.19 bits per heavy atom.